The van der Waals surface area contributed by atoms with E-state index in [2.05, 4.69) is 61.2 Å². The summed E-state index contributed by atoms with van der Waals surface area (Å²) in [7, 11) is 0. The van der Waals surface area contributed by atoms with Crippen molar-refractivity contribution in [2.45, 2.75) is 14.0 Å². The van der Waals surface area contributed by atoms with Crippen LogP contribution < -0.4 is 0 Å². The highest BCUT2D eigenvalue weighted by atomic mass is 35.5. The molecule has 0 N–H and O–H groups in total. The first-order valence-corrected chi connectivity index (χ1v) is 9.93. The van der Waals surface area contributed by atoms with Gasteiger partial charge in [0.15, 0.2) is 4.17 Å². The minimum Gasteiger partial charge on any atom is -0.143 e. The first-order chi connectivity index (χ1) is 12.1. The van der Waals surface area contributed by atoms with Crippen LogP contribution in [0.2, 0.25) is 0 Å². The molecule has 0 heterocycles. The van der Waals surface area contributed by atoms with E-state index in [0.717, 1.165) is 9.79 Å². The van der Waals surface area contributed by atoms with Gasteiger partial charge in [0, 0.05) is 9.79 Å². The summed E-state index contributed by atoms with van der Waals surface area (Å²) in [4.78, 5) is 2.11. The highest BCUT2D eigenvalue weighted by molar-refractivity contribution is 8.02. The Kier molecular flexibility index (Phi) is 6.55. The zero-order valence-corrected chi connectivity index (χ0v) is 16.5. The smallest absolute Gasteiger partial charge is 0.143 e. The fourth-order valence-electron chi connectivity index (χ4n) is 2.52. The molecule has 4 aromatic carbocycles. The van der Waals surface area contributed by atoms with E-state index in [0.29, 0.717) is 0 Å². The van der Waals surface area contributed by atoms with Crippen LogP contribution in [0.4, 0.5) is 0 Å². The van der Waals surface area contributed by atoms with Crippen molar-refractivity contribution in [3.63, 3.8) is 0 Å². The van der Waals surface area contributed by atoms with Crippen LogP contribution in [0.15, 0.2) is 94.7 Å². The Bertz CT molecular complexity index is 983. The Morgan fingerprint density at radius 2 is 1.16 bits per heavy atom. The number of benzene rings is 4. The van der Waals surface area contributed by atoms with E-state index in [-0.39, 0.29) is 0 Å². The molecule has 0 amide bonds. The van der Waals surface area contributed by atoms with Crippen LogP contribution in [-0.4, -0.2) is 4.17 Å². The van der Waals surface area contributed by atoms with Crippen molar-refractivity contribution in [1.29, 1.82) is 0 Å². The maximum atomic E-state index is 5.69. The van der Waals surface area contributed by atoms with Crippen LogP contribution in [-0.2, 0) is 0 Å². The molecule has 0 saturated carbocycles. The van der Waals surface area contributed by atoms with E-state index in [1.54, 1.807) is 0 Å². The highest BCUT2D eigenvalue weighted by Crippen LogP contribution is 2.30. The molecule has 0 aliphatic rings. The number of hydrogen-bond donors (Lipinski definition) is 1. The monoisotopic (exact) mass is 402 g/mol. The molecule has 0 unspecified atom stereocenters. The van der Waals surface area contributed by atoms with Crippen molar-refractivity contribution in [1.82, 2.24) is 0 Å². The molecule has 4 rings (SSSR count). The molecule has 0 spiro atoms. The second-order valence-corrected chi connectivity index (χ2v) is 8.73. The predicted molar refractivity (Wildman–Crippen MR) is 116 cm³/mol. The standard InChI is InChI=1S/C11H8Cl2S.C10H8S/c12-11(13)14-10-6-5-8-3-1-2-4-9(8)7-10;11-10-6-5-8-3-1-2-4-9(8)7-10/h1-7,11H;1-7,11H. The summed E-state index contributed by atoms with van der Waals surface area (Å²) >= 11 is 17.1. The quantitative estimate of drug-likeness (QED) is 0.202. The van der Waals surface area contributed by atoms with Crippen molar-refractivity contribution >= 4 is 69.1 Å². The Labute approximate surface area is 167 Å². The molecule has 0 saturated heterocycles. The van der Waals surface area contributed by atoms with E-state index in [4.69, 9.17) is 23.2 Å². The Morgan fingerprint density at radius 3 is 1.76 bits per heavy atom. The lowest BCUT2D eigenvalue weighted by Gasteiger charge is -2.03. The lowest BCUT2D eigenvalue weighted by molar-refractivity contribution is 1.50. The van der Waals surface area contributed by atoms with Crippen molar-refractivity contribution in [3.8, 4) is 0 Å². The van der Waals surface area contributed by atoms with Gasteiger partial charge in [-0.25, -0.2) is 0 Å². The van der Waals surface area contributed by atoms with E-state index >= 15 is 0 Å². The molecule has 0 fully saturated rings. The van der Waals surface area contributed by atoms with Crippen LogP contribution >= 0.6 is 47.6 Å². The number of hydrogen-bond acceptors (Lipinski definition) is 2. The minimum atomic E-state index is -0.406. The normalized spacial score (nSPS) is 10.7. The molecule has 126 valence electrons. The van der Waals surface area contributed by atoms with Gasteiger partial charge in [-0.1, -0.05) is 95.6 Å². The average Bonchev–Trinajstić information content (AvgIpc) is 2.61. The molecule has 25 heavy (non-hydrogen) atoms. The Balaban J connectivity index is 0.000000150. The predicted octanol–water partition coefficient (Wildman–Crippen LogP) is 7.82. The van der Waals surface area contributed by atoms with E-state index in [9.17, 15) is 0 Å². The van der Waals surface area contributed by atoms with Crippen molar-refractivity contribution in [2.24, 2.45) is 0 Å². The maximum Gasteiger partial charge on any atom is 0.157 e. The average molecular weight is 403 g/mol. The lowest BCUT2D eigenvalue weighted by atomic mass is 10.1. The first kappa shape index (κ1) is 18.5. The second kappa shape index (κ2) is 8.86. The summed E-state index contributed by atoms with van der Waals surface area (Å²) in [5, 5.41) is 4.97. The molecule has 0 bridgehead atoms. The van der Waals surface area contributed by atoms with Gasteiger partial charge in [0.2, 0.25) is 0 Å². The lowest BCUT2D eigenvalue weighted by Crippen LogP contribution is -1.79. The maximum absolute atomic E-state index is 5.69. The summed E-state index contributed by atoms with van der Waals surface area (Å²) in [6, 6.07) is 28.8. The van der Waals surface area contributed by atoms with Crippen molar-refractivity contribution in [2.75, 3.05) is 0 Å². The molecule has 0 atom stereocenters. The van der Waals surface area contributed by atoms with E-state index in [1.165, 1.54) is 33.3 Å². The number of thiol groups is 1. The van der Waals surface area contributed by atoms with Crippen LogP contribution in [0, 0.1) is 0 Å². The molecular weight excluding hydrogens is 387 g/mol. The third kappa shape index (κ3) is 5.32. The first-order valence-electron chi connectivity index (χ1n) is 7.73. The molecule has 0 radical (unpaired) electrons. The number of alkyl halides is 2. The topological polar surface area (TPSA) is 0 Å². The zero-order chi connectivity index (χ0) is 17.6. The summed E-state index contributed by atoms with van der Waals surface area (Å²) in [5.41, 5.74) is 0. The minimum absolute atomic E-state index is 0.406. The van der Waals surface area contributed by atoms with Gasteiger partial charge < -0.3 is 0 Å². The molecule has 0 aliphatic carbocycles. The number of halogens is 2. The second-order valence-electron chi connectivity index (χ2n) is 5.42. The van der Waals surface area contributed by atoms with Gasteiger partial charge in [-0.05, 0) is 45.8 Å². The van der Waals surface area contributed by atoms with Gasteiger partial charge in [0.1, 0.15) is 0 Å². The SMILES string of the molecule is ClC(Cl)Sc1ccc2ccccc2c1.Sc1ccc2ccccc2c1. The van der Waals surface area contributed by atoms with Crippen molar-refractivity contribution in [3.05, 3.63) is 84.9 Å². The molecule has 4 heteroatoms. The van der Waals surface area contributed by atoms with Crippen LogP contribution in [0.1, 0.15) is 0 Å². The molecule has 0 aromatic heterocycles. The molecule has 4 aromatic rings. The number of fused-ring (bicyclic) bond motifs is 2. The van der Waals surface area contributed by atoms with Gasteiger partial charge >= 0.3 is 0 Å². The number of thioether (sulfide) groups is 1. The summed E-state index contributed by atoms with van der Waals surface area (Å²) < 4.78 is -0.406. The van der Waals surface area contributed by atoms with Crippen molar-refractivity contribution < 1.29 is 0 Å². The van der Waals surface area contributed by atoms with Crippen LogP contribution in [0.5, 0.6) is 0 Å². The van der Waals surface area contributed by atoms with E-state index < -0.39 is 4.17 Å². The fraction of sp³-hybridized carbons (Fsp3) is 0.0476. The van der Waals surface area contributed by atoms with Gasteiger partial charge in [-0.2, -0.15) is 0 Å². The number of rotatable bonds is 2. The molecule has 0 nitrogen and oxygen atoms in total. The Hall–Kier alpha value is -1.32. The van der Waals surface area contributed by atoms with Gasteiger partial charge in [0.25, 0.3) is 0 Å². The van der Waals surface area contributed by atoms with E-state index in [1.807, 2.05) is 36.4 Å². The fourth-order valence-corrected chi connectivity index (χ4v) is 3.90. The van der Waals surface area contributed by atoms with Crippen LogP contribution in [0.3, 0.4) is 0 Å². The molecular formula is C21H16Cl2S2. The summed E-state index contributed by atoms with van der Waals surface area (Å²) in [5.74, 6) is 0. The third-order valence-electron chi connectivity index (χ3n) is 3.68. The largest absolute Gasteiger partial charge is 0.157 e. The summed E-state index contributed by atoms with van der Waals surface area (Å²) in [6.45, 7) is 0. The van der Waals surface area contributed by atoms with Crippen LogP contribution in [0.25, 0.3) is 21.5 Å². The summed E-state index contributed by atoms with van der Waals surface area (Å²) in [6.07, 6.45) is 0. The van der Waals surface area contributed by atoms with Gasteiger partial charge in [-0.15, -0.1) is 12.6 Å². The molecule has 0 aliphatic heterocycles. The van der Waals surface area contributed by atoms with Gasteiger partial charge in [0.05, 0.1) is 0 Å². The van der Waals surface area contributed by atoms with Gasteiger partial charge in [-0.3, -0.25) is 0 Å². The third-order valence-corrected chi connectivity index (χ3v) is 5.20. The zero-order valence-electron chi connectivity index (χ0n) is 13.3. The highest BCUT2D eigenvalue weighted by Gasteiger charge is 2.02. The Morgan fingerprint density at radius 1 is 0.640 bits per heavy atom.